The van der Waals surface area contributed by atoms with E-state index in [1.807, 2.05) is 29.6 Å². The lowest BCUT2D eigenvalue weighted by Gasteiger charge is -2.14. The second-order valence-electron chi connectivity index (χ2n) is 6.24. The van der Waals surface area contributed by atoms with Gasteiger partial charge < -0.3 is 9.72 Å². The molecule has 0 saturated carbocycles. The molecule has 0 amide bonds. The van der Waals surface area contributed by atoms with Crippen molar-refractivity contribution in [1.29, 1.82) is 0 Å². The number of benzene rings is 2. The highest BCUT2D eigenvalue weighted by Crippen LogP contribution is 2.41. The van der Waals surface area contributed by atoms with E-state index >= 15 is 0 Å². The summed E-state index contributed by atoms with van der Waals surface area (Å²) in [6.07, 6.45) is 2.00. The van der Waals surface area contributed by atoms with Crippen LogP contribution in [-0.2, 0) is 6.42 Å². The maximum Gasteiger partial charge on any atom is 0.266 e. The molecule has 0 saturated heterocycles. The molecule has 0 aliphatic rings. The number of ether oxygens (including phenoxy) is 1. The van der Waals surface area contributed by atoms with Gasteiger partial charge in [-0.2, -0.15) is 0 Å². The van der Waals surface area contributed by atoms with Gasteiger partial charge in [0.05, 0.1) is 7.11 Å². The molecule has 0 aliphatic heterocycles. The van der Waals surface area contributed by atoms with Gasteiger partial charge in [-0.15, -0.1) is 11.3 Å². The van der Waals surface area contributed by atoms with Crippen molar-refractivity contribution >= 4 is 43.9 Å². The van der Waals surface area contributed by atoms with Crippen LogP contribution in [0.1, 0.15) is 18.9 Å². The van der Waals surface area contributed by atoms with Crippen molar-refractivity contribution in [3.63, 3.8) is 0 Å². The SMILES string of the molecule is CCCc1ccc(-c2c(OC)ccc3[nH]c(=O)c4sccc4c23)cc1Cl. The Bertz CT molecular complexity index is 1180. The molecule has 0 bridgehead atoms. The number of aromatic nitrogens is 1. The average Bonchev–Trinajstić information content (AvgIpc) is 3.13. The van der Waals surface area contributed by atoms with Crippen molar-refractivity contribution < 1.29 is 4.74 Å². The van der Waals surface area contributed by atoms with Gasteiger partial charge in [0.1, 0.15) is 10.4 Å². The molecule has 0 atom stereocenters. The lowest BCUT2D eigenvalue weighted by Crippen LogP contribution is -2.05. The molecule has 0 aliphatic carbocycles. The number of rotatable bonds is 4. The predicted octanol–water partition coefficient (Wildman–Crippen LogP) is 6.02. The molecule has 132 valence electrons. The Labute approximate surface area is 160 Å². The summed E-state index contributed by atoms with van der Waals surface area (Å²) >= 11 is 7.98. The number of aryl methyl sites for hydroxylation is 1. The summed E-state index contributed by atoms with van der Waals surface area (Å²) in [7, 11) is 1.66. The van der Waals surface area contributed by atoms with Gasteiger partial charge in [0.15, 0.2) is 0 Å². The van der Waals surface area contributed by atoms with Crippen molar-refractivity contribution in [3.05, 3.63) is 62.7 Å². The van der Waals surface area contributed by atoms with Gasteiger partial charge in [0.2, 0.25) is 0 Å². The summed E-state index contributed by atoms with van der Waals surface area (Å²) in [5.74, 6) is 0.761. The second-order valence-corrected chi connectivity index (χ2v) is 7.56. The van der Waals surface area contributed by atoms with E-state index in [2.05, 4.69) is 24.0 Å². The first-order chi connectivity index (χ1) is 12.6. The quantitative estimate of drug-likeness (QED) is 0.467. The molecule has 2 heterocycles. The third kappa shape index (κ3) is 2.70. The fourth-order valence-corrected chi connectivity index (χ4v) is 4.53. The van der Waals surface area contributed by atoms with Gasteiger partial charge >= 0.3 is 0 Å². The molecule has 0 fully saturated rings. The van der Waals surface area contributed by atoms with E-state index in [0.717, 1.165) is 61.3 Å². The summed E-state index contributed by atoms with van der Waals surface area (Å²) in [4.78, 5) is 15.3. The molecule has 2 aromatic heterocycles. The van der Waals surface area contributed by atoms with Gasteiger partial charge in [0.25, 0.3) is 5.56 Å². The number of H-pyrrole nitrogens is 1. The summed E-state index contributed by atoms with van der Waals surface area (Å²) in [5, 5.41) is 4.63. The van der Waals surface area contributed by atoms with Gasteiger partial charge in [-0.25, -0.2) is 0 Å². The molecule has 3 nitrogen and oxygen atoms in total. The predicted molar refractivity (Wildman–Crippen MR) is 111 cm³/mol. The number of fused-ring (bicyclic) bond motifs is 3. The molecule has 1 N–H and O–H groups in total. The van der Waals surface area contributed by atoms with Crippen LogP contribution >= 0.6 is 22.9 Å². The largest absolute Gasteiger partial charge is 0.496 e. The fraction of sp³-hybridized carbons (Fsp3) is 0.190. The van der Waals surface area contributed by atoms with E-state index in [4.69, 9.17) is 16.3 Å². The molecule has 0 radical (unpaired) electrons. The van der Waals surface area contributed by atoms with E-state index < -0.39 is 0 Å². The molecule has 4 rings (SSSR count). The number of nitrogens with one attached hydrogen (secondary N) is 1. The van der Waals surface area contributed by atoms with E-state index in [0.29, 0.717) is 0 Å². The van der Waals surface area contributed by atoms with Crippen LogP contribution in [0, 0.1) is 0 Å². The zero-order chi connectivity index (χ0) is 18.3. The number of aromatic amines is 1. The van der Waals surface area contributed by atoms with Crippen LogP contribution < -0.4 is 10.3 Å². The number of halogens is 1. The van der Waals surface area contributed by atoms with Crippen molar-refractivity contribution in [2.75, 3.05) is 7.11 Å². The zero-order valence-electron chi connectivity index (χ0n) is 14.6. The van der Waals surface area contributed by atoms with Crippen molar-refractivity contribution in [1.82, 2.24) is 4.98 Å². The standard InChI is InChI=1S/C21H18ClNO2S/c1-3-4-12-5-6-13(11-15(12)22)18-17(25-2)8-7-16-19(18)14-9-10-26-20(14)21(24)23-16/h5-11H,3-4H2,1-2H3,(H,23,24). The van der Waals surface area contributed by atoms with Crippen LogP contribution in [0.5, 0.6) is 5.75 Å². The summed E-state index contributed by atoms with van der Waals surface area (Å²) in [6.45, 7) is 2.14. The molecular weight excluding hydrogens is 366 g/mol. The Morgan fingerprint density at radius 3 is 2.77 bits per heavy atom. The number of hydrogen-bond acceptors (Lipinski definition) is 3. The smallest absolute Gasteiger partial charge is 0.266 e. The summed E-state index contributed by atoms with van der Waals surface area (Å²) in [5.41, 5.74) is 3.82. The summed E-state index contributed by atoms with van der Waals surface area (Å²) < 4.78 is 6.37. The van der Waals surface area contributed by atoms with Gasteiger partial charge in [-0.1, -0.05) is 37.1 Å². The highest BCUT2D eigenvalue weighted by molar-refractivity contribution is 7.17. The van der Waals surface area contributed by atoms with Crippen LogP contribution in [0.4, 0.5) is 0 Å². The van der Waals surface area contributed by atoms with Crippen LogP contribution in [-0.4, -0.2) is 12.1 Å². The highest BCUT2D eigenvalue weighted by atomic mass is 35.5. The summed E-state index contributed by atoms with van der Waals surface area (Å²) in [6, 6.07) is 11.9. The third-order valence-corrected chi connectivity index (χ3v) is 5.90. The van der Waals surface area contributed by atoms with Gasteiger partial charge in [0, 0.05) is 26.9 Å². The molecule has 5 heteroatoms. The van der Waals surface area contributed by atoms with E-state index in [1.54, 1.807) is 7.11 Å². The minimum Gasteiger partial charge on any atom is -0.496 e. The fourth-order valence-electron chi connectivity index (χ4n) is 3.46. The van der Waals surface area contributed by atoms with E-state index in [9.17, 15) is 4.79 Å². The first-order valence-electron chi connectivity index (χ1n) is 8.53. The molecule has 0 spiro atoms. The lowest BCUT2D eigenvalue weighted by molar-refractivity contribution is 0.417. The van der Waals surface area contributed by atoms with Crippen LogP contribution in [0.2, 0.25) is 5.02 Å². The van der Waals surface area contributed by atoms with Crippen molar-refractivity contribution in [2.45, 2.75) is 19.8 Å². The average molecular weight is 384 g/mol. The zero-order valence-corrected chi connectivity index (χ0v) is 16.1. The molecule has 26 heavy (non-hydrogen) atoms. The van der Waals surface area contributed by atoms with Gasteiger partial charge in [-0.05, 0) is 47.2 Å². The topological polar surface area (TPSA) is 42.1 Å². The van der Waals surface area contributed by atoms with Crippen LogP contribution in [0.15, 0.2) is 46.6 Å². The first kappa shape index (κ1) is 17.1. The Hall–Kier alpha value is -2.30. The minimum atomic E-state index is -0.0602. The number of methoxy groups -OCH3 is 1. The van der Waals surface area contributed by atoms with E-state index in [1.165, 1.54) is 11.3 Å². The maximum absolute atomic E-state index is 12.3. The minimum absolute atomic E-state index is 0.0602. The maximum atomic E-state index is 12.3. The Kier molecular flexibility index (Phi) is 4.47. The Balaban J connectivity index is 2.09. The Morgan fingerprint density at radius 2 is 2.04 bits per heavy atom. The normalized spacial score (nSPS) is 11.3. The van der Waals surface area contributed by atoms with Crippen LogP contribution in [0.25, 0.3) is 32.1 Å². The monoisotopic (exact) mass is 383 g/mol. The third-order valence-electron chi connectivity index (χ3n) is 4.64. The van der Waals surface area contributed by atoms with E-state index in [-0.39, 0.29) is 5.56 Å². The van der Waals surface area contributed by atoms with Crippen molar-refractivity contribution in [2.24, 2.45) is 0 Å². The first-order valence-corrected chi connectivity index (χ1v) is 9.78. The molecule has 0 unspecified atom stereocenters. The van der Waals surface area contributed by atoms with Gasteiger partial charge in [-0.3, -0.25) is 4.79 Å². The number of pyridine rings is 1. The second kappa shape index (κ2) is 6.78. The Morgan fingerprint density at radius 1 is 1.19 bits per heavy atom. The van der Waals surface area contributed by atoms with Crippen molar-refractivity contribution in [3.8, 4) is 16.9 Å². The lowest BCUT2D eigenvalue weighted by atomic mass is 9.96. The number of hydrogen-bond donors (Lipinski definition) is 1. The molecule has 2 aromatic carbocycles. The molecule has 4 aromatic rings. The highest BCUT2D eigenvalue weighted by Gasteiger charge is 2.17. The number of thiophene rings is 1. The van der Waals surface area contributed by atoms with Crippen LogP contribution in [0.3, 0.4) is 0 Å². The molecular formula is C21H18ClNO2S.